The summed E-state index contributed by atoms with van der Waals surface area (Å²) in [6.45, 7) is 2.60. The fourth-order valence-electron chi connectivity index (χ4n) is 3.94. The number of aliphatic hydroxyl groups excluding tert-OH is 1. The number of rotatable bonds is 8. The van der Waals surface area contributed by atoms with Crippen molar-refractivity contribution in [1.29, 1.82) is 0 Å². The van der Waals surface area contributed by atoms with Crippen molar-refractivity contribution in [3.05, 3.63) is 34.2 Å². The fourth-order valence-corrected chi connectivity index (χ4v) is 4.64. The molecule has 0 aromatic carbocycles. The molecule has 1 aromatic heterocycles. The summed E-state index contributed by atoms with van der Waals surface area (Å²) in [5.74, 6) is 0.372. The van der Waals surface area contributed by atoms with E-state index in [1.54, 1.807) is 11.3 Å². The van der Waals surface area contributed by atoms with Crippen LogP contribution in [0.2, 0.25) is 0 Å². The Kier molecular flexibility index (Phi) is 7.11. The fraction of sp³-hybridized carbons (Fsp3) is 0.650. The van der Waals surface area contributed by atoms with E-state index in [2.05, 4.69) is 22.1 Å². The average Bonchev–Trinajstić information content (AvgIpc) is 3.34. The first-order chi connectivity index (χ1) is 12.7. The number of hydrogen-bond acceptors (Lipinski definition) is 5. The first-order valence-electron chi connectivity index (χ1n) is 9.66. The maximum atomic E-state index is 12.7. The third kappa shape index (κ3) is 4.67. The Labute approximate surface area is 159 Å². The van der Waals surface area contributed by atoms with Gasteiger partial charge in [0.25, 0.3) is 5.91 Å². The minimum atomic E-state index is -0.467. The van der Waals surface area contributed by atoms with Gasteiger partial charge < -0.3 is 19.9 Å². The van der Waals surface area contributed by atoms with Crippen molar-refractivity contribution < 1.29 is 19.4 Å². The molecule has 1 amide bonds. The normalized spacial score (nSPS) is 26.4. The van der Waals surface area contributed by atoms with Crippen molar-refractivity contribution in [1.82, 2.24) is 5.32 Å². The van der Waals surface area contributed by atoms with Crippen molar-refractivity contribution in [2.75, 3.05) is 13.2 Å². The summed E-state index contributed by atoms with van der Waals surface area (Å²) in [4.78, 5) is 12.7. The lowest BCUT2D eigenvalue weighted by Gasteiger charge is -2.36. The Morgan fingerprint density at radius 1 is 1.42 bits per heavy atom. The predicted octanol–water partition coefficient (Wildman–Crippen LogP) is 3.56. The number of carbonyl (C=O) groups excluding carboxylic acids is 1. The van der Waals surface area contributed by atoms with Gasteiger partial charge in [-0.05, 0) is 61.1 Å². The van der Waals surface area contributed by atoms with Gasteiger partial charge in [0.05, 0.1) is 0 Å². The molecule has 1 aliphatic carbocycles. The van der Waals surface area contributed by atoms with Gasteiger partial charge in [0.15, 0.2) is 5.76 Å². The van der Waals surface area contributed by atoms with Crippen molar-refractivity contribution in [2.45, 2.75) is 63.7 Å². The highest BCUT2D eigenvalue weighted by molar-refractivity contribution is 7.08. The number of carbonyl (C=O) groups is 1. The van der Waals surface area contributed by atoms with Crippen molar-refractivity contribution in [3.8, 4) is 0 Å². The summed E-state index contributed by atoms with van der Waals surface area (Å²) in [5, 5.41) is 16.6. The van der Waals surface area contributed by atoms with Crippen LogP contribution in [0, 0.1) is 5.92 Å². The van der Waals surface area contributed by atoms with Gasteiger partial charge in [0, 0.05) is 31.1 Å². The van der Waals surface area contributed by atoms with Crippen molar-refractivity contribution in [2.24, 2.45) is 5.92 Å². The molecule has 1 fully saturated rings. The van der Waals surface area contributed by atoms with E-state index in [1.165, 1.54) is 18.4 Å². The number of aliphatic hydroxyl groups is 1. The van der Waals surface area contributed by atoms with Crippen LogP contribution in [-0.2, 0) is 14.3 Å². The van der Waals surface area contributed by atoms with Gasteiger partial charge in [-0.3, -0.25) is 4.79 Å². The molecule has 1 aliphatic heterocycles. The third-order valence-electron chi connectivity index (χ3n) is 5.25. The molecule has 0 saturated heterocycles. The van der Waals surface area contributed by atoms with Gasteiger partial charge in [-0.15, -0.1) is 0 Å². The van der Waals surface area contributed by atoms with Crippen LogP contribution in [0.3, 0.4) is 0 Å². The number of ether oxygens (including phenoxy) is 2. The topological polar surface area (TPSA) is 67.8 Å². The van der Waals surface area contributed by atoms with Crippen molar-refractivity contribution >= 4 is 17.2 Å². The van der Waals surface area contributed by atoms with E-state index in [0.717, 1.165) is 19.3 Å². The Hall–Kier alpha value is -1.37. The van der Waals surface area contributed by atoms with Gasteiger partial charge >= 0.3 is 0 Å². The maximum Gasteiger partial charge on any atom is 0.286 e. The van der Waals surface area contributed by atoms with E-state index >= 15 is 0 Å². The molecular weight excluding hydrogens is 350 g/mol. The second-order valence-corrected chi connectivity index (χ2v) is 7.82. The van der Waals surface area contributed by atoms with Crippen LogP contribution >= 0.6 is 11.3 Å². The lowest BCUT2D eigenvalue weighted by Crippen LogP contribution is -2.41. The van der Waals surface area contributed by atoms with Crippen LogP contribution in [0.1, 0.15) is 56.9 Å². The van der Waals surface area contributed by atoms with Gasteiger partial charge in [0.1, 0.15) is 0 Å². The summed E-state index contributed by atoms with van der Waals surface area (Å²) in [7, 11) is 0. The monoisotopic (exact) mass is 379 g/mol. The lowest BCUT2D eigenvalue weighted by atomic mass is 9.81. The highest BCUT2D eigenvalue weighted by atomic mass is 32.1. The molecule has 3 rings (SSSR count). The van der Waals surface area contributed by atoms with E-state index < -0.39 is 6.29 Å². The molecule has 0 spiro atoms. The molecule has 6 heteroatoms. The van der Waals surface area contributed by atoms with Crippen LogP contribution < -0.4 is 5.32 Å². The van der Waals surface area contributed by atoms with Crippen LogP contribution in [0.5, 0.6) is 0 Å². The summed E-state index contributed by atoms with van der Waals surface area (Å²) < 4.78 is 11.8. The summed E-state index contributed by atoms with van der Waals surface area (Å²) in [6, 6.07) is 2.35. The number of amides is 1. The zero-order valence-corrected chi connectivity index (χ0v) is 16.2. The number of nitrogens with one attached hydrogen (secondary N) is 1. The molecule has 2 heterocycles. The summed E-state index contributed by atoms with van der Waals surface area (Å²) in [5.41, 5.74) is 1.18. The molecule has 2 N–H and O–H groups in total. The molecule has 26 heavy (non-hydrogen) atoms. The average molecular weight is 380 g/mol. The Balaban J connectivity index is 1.82. The van der Waals surface area contributed by atoms with Crippen LogP contribution in [0.15, 0.2) is 28.7 Å². The highest BCUT2D eigenvalue weighted by Crippen LogP contribution is 2.40. The van der Waals surface area contributed by atoms with E-state index in [4.69, 9.17) is 9.47 Å². The minimum Gasteiger partial charge on any atom is -0.459 e. The van der Waals surface area contributed by atoms with Crippen LogP contribution in [0.25, 0.3) is 0 Å². The number of thiophene rings is 1. The molecule has 1 aromatic rings. The molecule has 5 nitrogen and oxygen atoms in total. The van der Waals surface area contributed by atoms with Crippen molar-refractivity contribution in [3.63, 3.8) is 0 Å². The predicted molar refractivity (Wildman–Crippen MR) is 102 cm³/mol. The highest BCUT2D eigenvalue weighted by Gasteiger charge is 2.38. The van der Waals surface area contributed by atoms with E-state index in [1.807, 2.05) is 13.0 Å². The summed E-state index contributed by atoms with van der Waals surface area (Å²) >= 11 is 1.65. The lowest BCUT2D eigenvalue weighted by molar-refractivity contribution is -0.166. The Morgan fingerprint density at radius 3 is 2.88 bits per heavy atom. The molecule has 144 valence electrons. The summed E-state index contributed by atoms with van der Waals surface area (Å²) in [6.07, 6.45) is 7.39. The van der Waals surface area contributed by atoms with Gasteiger partial charge in [0.2, 0.25) is 6.29 Å². The van der Waals surface area contributed by atoms with Gasteiger partial charge in [-0.1, -0.05) is 12.8 Å². The molecule has 3 atom stereocenters. The zero-order chi connectivity index (χ0) is 18.4. The van der Waals surface area contributed by atoms with E-state index in [9.17, 15) is 9.90 Å². The van der Waals surface area contributed by atoms with Crippen LogP contribution in [0.4, 0.5) is 0 Å². The molecular formula is C20H29NO4S. The second kappa shape index (κ2) is 9.53. The largest absolute Gasteiger partial charge is 0.459 e. The van der Waals surface area contributed by atoms with Gasteiger partial charge in [-0.25, -0.2) is 0 Å². The molecule has 1 saturated carbocycles. The molecule has 2 aliphatic rings. The maximum absolute atomic E-state index is 12.7. The number of allylic oxidation sites excluding steroid dienone is 1. The SMILES string of the molecule is CCO[C@H]1OC(C(=O)NC2CCCC2)=C[C@@H](c2ccsc2)[C@@H]1CCCO. The first-order valence-corrected chi connectivity index (χ1v) is 10.6. The molecule has 0 unspecified atom stereocenters. The smallest absolute Gasteiger partial charge is 0.286 e. The first kappa shape index (κ1) is 19.4. The van der Waals surface area contributed by atoms with Gasteiger partial charge in [-0.2, -0.15) is 11.3 Å². The Bertz CT molecular complexity index is 595. The third-order valence-corrected chi connectivity index (χ3v) is 5.96. The van der Waals surface area contributed by atoms with E-state index in [-0.39, 0.29) is 30.4 Å². The molecule has 0 bridgehead atoms. The number of hydrogen-bond donors (Lipinski definition) is 2. The minimum absolute atomic E-state index is 0.0578. The van der Waals surface area contributed by atoms with E-state index in [0.29, 0.717) is 18.8 Å². The quantitative estimate of drug-likeness (QED) is 0.725. The Morgan fingerprint density at radius 2 is 2.23 bits per heavy atom. The second-order valence-electron chi connectivity index (χ2n) is 7.04. The zero-order valence-electron chi connectivity index (χ0n) is 15.4. The molecule has 0 radical (unpaired) electrons. The van der Waals surface area contributed by atoms with Crippen LogP contribution in [-0.4, -0.2) is 36.6 Å². The standard InChI is InChI=1S/C20H29NO4S/c1-2-24-20-16(8-5-10-22)17(14-9-11-26-13-14)12-18(25-20)19(23)21-15-6-3-4-7-15/h9,11-13,15-17,20,22H,2-8,10H2,1H3,(H,21,23)/t16-,17-,20-/m0/s1.